The highest BCUT2D eigenvalue weighted by molar-refractivity contribution is 6.01. The molecule has 2 saturated heterocycles. The summed E-state index contributed by atoms with van der Waals surface area (Å²) in [4.78, 5) is 25.9. The second-order valence-corrected chi connectivity index (χ2v) is 13.0. The number of aryl methyl sites for hydroxylation is 1. The van der Waals surface area contributed by atoms with Gasteiger partial charge in [-0.05, 0) is 54.4 Å². The van der Waals surface area contributed by atoms with E-state index in [1.165, 1.54) is 12.1 Å². The van der Waals surface area contributed by atoms with Gasteiger partial charge in [0, 0.05) is 42.4 Å². The smallest absolute Gasteiger partial charge is 0.343 e. The van der Waals surface area contributed by atoms with Crippen molar-refractivity contribution in [3.63, 3.8) is 0 Å². The number of carboxylic acids is 1. The van der Waals surface area contributed by atoms with E-state index in [0.717, 1.165) is 25.2 Å². The van der Waals surface area contributed by atoms with E-state index in [4.69, 9.17) is 33.2 Å². The third-order valence-electron chi connectivity index (χ3n) is 8.15. The average molecular weight is 649 g/mol. The molecule has 0 amide bonds. The van der Waals surface area contributed by atoms with Gasteiger partial charge in [-0.25, -0.2) is 9.59 Å². The minimum atomic E-state index is -1.15. The molecule has 0 radical (unpaired) electrons. The summed E-state index contributed by atoms with van der Waals surface area (Å²) < 4.78 is 40.0. The highest BCUT2D eigenvalue weighted by Crippen LogP contribution is 2.43. The molecule has 10 heteroatoms. The summed E-state index contributed by atoms with van der Waals surface area (Å²) in [6.45, 7) is 12.1. The summed E-state index contributed by atoms with van der Waals surface area (Å²) in [5, 5.41) is 10.1. The van der Waals surface area contributed by atoms with E-state index in [-0.39, 0.29) is 45.6 Å². The topological polar surface area (TPSA) is 119 Å². The van der Waals surface area contributed by atoms with Crippen LogP contribution in [-0.4, -0.2) is 83.1 Å². The molecule has 0 aliphatic carbocycles. The van der Waals surface area contributed by atoms with Gasteiger partial charge in [-0.15, -0.1) is 0 Å². The van der Waals surface area contributed by atoms with Crippen LogP contribution in [0.25, 0.3) is 11.1 Å². The quantitative estimate of drug-likeness (QED) is 0.0967. The first kappa shape index (κ1) is 34.4. The molecule has 10 nitrogen and oxygen atoms in total. The van der Waals surface area contributed by atoms with Crippen LogP contribution in [0.1, 0.15) is 53.0 Å². The van der Waals surface area contributed by atoms with Crippen LogP contribution in [0.15, 0.2) is 60.7 Å². The number of hydrogen-bond acceptors (Lipinski definition) is 9. The van der Waals surface area contributed by atoms with Crippen LogP contribution in [0.4, 0.5) is 0 Å². The van der Waals surface area contributed by atoms with Gasteiger partial charge in [0.25, 0.3) is 0 Å². The molecule has 1 N–H and O–H groups in total. The fourth-order valence-electron chi connectivity index (χ4n) is 5.32. The van der Waals surface area contributed by atoms with Crippen molar-refractivity contribution < 1.29 is 47.9 Å². The summed E-state index contributed by atoms with van der Waals surface area (Å²) in [6, 6.07) is 17.0. The molecule has 0 atom stereocenters. The normalized spacial score (nSPS) is 16.1. The molecule has 2 aliphatic heterocycles. The number of aromatic carboxylic acids is 1. The monoisotopic (exact) mass is 648 g/mol. The summed E-state index contributed by atoms with van der Waals surface area (Å²) in [7, 11) is 0. The first-order valence-corrected chi connectivity index (χ1v) is 16.0. The number of esters is 1. The summed E-state index contributed by atoms with van der Waals surface area (Å²) >= 11 is 0. The molecule has 252 valence electrons. The molecule has 5 rings (SSSR count). The van der Waals surface area contributed by atoms with Gasteiger partial charge in [0.2, 0.25) is 0 Å². The number of hydrogen-bond donors (Lipinski definition) is 1. The maximum absolute atomic E-state index is 13.5. The molecule has 3 aromatic carbocycles. The van der Waals surface area contributed by atoms with Crippen LogP contribution in [0.5, 0.6) is 17.2 Å². The molecular weight excluding hydrogens is 604 g/mol. The van der Waals surface area contributed by atoms with E-state index >= 15 is 0 Å². The molecule has 0 saturated carbocycles. The van der Waals surface area contributed by atoms with Crippen LogP contribution >= 0.6 is 0 Å². The zero-order valence-electron chi connectivity index (χ0n) is 27.4. The van der Waals surface area contributed by atoms with Crippen molar-refractivity contribution in [1.29, 1.82) is 0 Å². The second kappa shape index (κ2) is 15.8. The predicted octanol–water partition coefficient (Wildman–Crippen LogP) is 6.22. The van der Waals surface area contributed by atoms with Crippen molar-refractivity contribution in [2.75, 3.05) is 66.1 Å². The zero-order chi connectivity index (χ0) is 33.3. The van der Waals surface area contributed by atoms with Gasteiger partial charge < -0.3 is 38.3 Å². The molecule has 3 aromatic rings. The lowest BCUT2D eigenvalue weighted by atomic mass is 9.90. The van der Waals surface area contributed by atoms with Crippen LogP contribution in [0, 0.1) is 17.8 Å². The van der Waals surface area contributed by atoms with E-state index in [0.29, 0.717) is 64.0 Å². The lowest BCUT2D eigenvalue weighted by Gasteiger charge is -2.37. The van der Waals surface area contributed by atoms with Crippen LogP contribution < -0.4 is 14.2 Å². The van der Waals surface area contributed by atoms with Crippen LogP contribution in [0.3, 0.4) is 0 Å². The van der Waals surface area contributed by atoms with E-state index in [9.17, 15) is 14.7 Å². The zero-order valence-corrected chi connectivity index (χ0v) is 27.4. The Morgan fingerprint density at radius 3 is 1.91 bits per heavy atom. The van der Waals surface area contributed by atoms with Crippen molar-refractivity contribution in [2.24, 2.45) is 10.8 Å². The number of benzene rings is 3. The Labute approximate surface area is 275 Å². The standard InChI is InChI=1S/C37H44O10/c1-26-8-4-5-9-29(26)32-30(34(38)39)14-15-31(46-19-7-17-42-21-37(3)24-44-25-37)33(32)47-35(40)27-10-12-28(13-11-27)45-18-6-16-41-20-36(2)22-43-23-36/h4-5,8-15H,6-7,16-25H2,1-3H3,(H,38,39). The Balaban J connectivity index is 1.25. The molecule has 2 heterocycles. The number of carbonyl (C=O) groups is 2. The summed E-state index contributed by atoms with van der Waals surface area (Å²) in [6.07, 6.45) is 1.32. The fraction of sp³-hybridized carbons (Fsp3) is 0.459. The van der Waals surface area contributed by atoms with E-state index < -0.39 is 11.9 Å². The number of carboxylic acid groups (broad SMARTS) is 1. The maximum Gasteiger partial charge on any atom is 0.343 e. The number of ether oxygens (including phenoxy) is 7. The first-order chi connectivity index (χ1) is 22.7. The van der Waals surface area contributed by atoms with Crippen molar-refractivity contribution in [2.45, 2.75) is 33.6 Å². The molecule has 0 spiro atoms. The Kier molecular flexibility index (Phi) is 11.5. The van der Waals surface area contributed by atoms with E-state index in [2.05, 4.69) is 13.8 Å². The van der Waals surface area contributed by atoms with E-state index in [1.807, 2.05) is 25.1 Å². The summed E-state index contributed by atoms with van der Waals surface area (Å²) in [5.74, 6) is -0.875. The highest BCUT2D eigenvalue weighted by Gasteiger charge is 2.34. The first-order valence-electron chi connectivity index (χ1n) is 16.0. The van der Waals surface area contributed by atoms with Gasteiger partial charge in [-0.1, -0.05) is 38.1 Å². The molecular formula is C37H44O10. The third kappa shape index (κ3) is 9.10. The Bertz CT molecular complexity index is 1510. The minimum absolute atomic E-state index is 0.00315. The van der Waals surface area contributed by atoms with Gasteiger partial charge in [-0.3, -0.25) is 0 Å². The van der Waals surface area contributed by atoms with Gasteiger partial charge in [-0.2, -0.15) is 0 Å². The van der Waals surface area contributed by atoms with E-state index in [1.54, 1.807) is 30.3 Å². The molecule has 0 aromatic heterocycles. The van der Waals surface area contributed by atoms with Gasteiger partial charge in [0.15, 0.2) is 11.5 Å². The molecule has 0 bridgehead atoms. The lowest BCUT2D eigenvalue weighted by Crippen LogP contribution is -2.43. The predicted molar refractivity (Wildman–Crippen MR) is 175 cm³/mol. The SMILES string of the molecule is Cc1ccccc1-c1c(C(=O)O)ccc(OCCCOCC2(C)COC2)c1OC(=O)c1ccc(OCCCOCC2(C)COC2)cc1. The summed E-state index contributed by atoms with van der Waals surface area (Å²) in [5.41, 5.74) is 2.17. The molecule has 2 fully saturated rings. The third-order valence-corrected chi connectivity index (χ3v) is 8.15. The largest absolute Gasteiger partial charge is 0.494 e. The average Bonchev–Trinajstić information content (AvgIpc) is 3.03. The Hall–Kier alpha value is -3.96. The van der Waals surface area contributed by atoms with Crippen LogP contribution in [-0.2, 0) is 18.9 Å². The molecule has 2 aliphatic rings. The van der Waals surface area contributed by atoms with Gasteiger partial charge >= 0.3 is 11.9 Å². The van der Waals surface area contributed by atoms with Gasteiger partial charge in [0.1, 0.15) is 5.75 Å². The maximum atomic E-state index is 13.5. The molecule has 0 unspecified atom stereocenters. The Morgan fingerprint density at radius 2 is 1.36 bits per heavy atom. The lowest BCUT2D eigenvalue weighted by molar-refractivity contribution is -0.138. The van der Waals surface area contributed by atoms with Gasteiger partial charge in [0.05, 0.1) is 64.0 Å². The van der Waals surface area contributed by atoms with Crippen molar-refractivity contribution in [3.05, 3.63) is 77.4 Å². The van der Waals surface area contributed by atoms with Crippen molar-refractivity contribution in [3.8, 4) is 28.4 Å². The number of carbonyl (C=O) groups excluding carboxylic acids is 1. The number of rotatable bonds is 18. The second-order valence-electron chi connectivity index (χ2n) is 13.0. The Morgan fingerprint density at radius 1 is 0.766 bits per heavy atom. The molecule has 47 heavy (non-hydrogen) atoms. The van der Waals surface area contributed by atoms with Crippen LogP contribution in [0.2, 0.25) is 0 Å². The highest BCUT2D eigenvalue weighted by atomic mass is 16.6. The van der Waals surface area contributed by atoms with Crippen molar-refractivity contribution in [1.82, 2.24) is 0 Å². The fourth-order valence-corrected chi connectivity index (χ4v) is 5.32. The van der Waals surface area contributed by atoms with Crippen molar-refractivity contribution >= 4 is 11.9 Å². The minimum Gasteiger partial charge on any atom is -0.494 e.